The van der Waals surface area contributed by atoms with E-state index in [1.807, 2.05) is 4.90 Å². The summed E-state index contributed by atoms with van der Waals surface area (Å²) in [4.78, 5) is 10.9. The van der Waals surface area contributed by atoms with E-state index in [0.29, 0.717) is 37.6 Å². The van der Waals surface area contributed by atoms with Crippen molar-refractivity contribution in [1.82, 2.24) is 19.7 Å². The van der Waals surface area contributed by atoms with Gasteiger partial charge in [0.2, 0.25) is 5.95 Å². The van der Waals surface area contributed by atoms with E-state index in [9.17, 15) is 27.1 Å². The van der Waals surface area contributed by atoms with Gasteiger partial charge in [-0.3, -0.25) is 0 Å². The zero-order chi connectivity index (χ0) is 24.9. The number of alkyl halides is 3. The number of benzene rings is 1. The summed E-state index contributed by atoms with van der Waals surface area (Å²) in [6, 6.07) is 0.302. The molecular weight excluding hydrogens is 473 g/mol. The number of nitrogens with zero attached hydrogens (tertiary/aromatic N) is 5. The first-order valence-electron chi connectivity index (χ1n) is 11.5. The van der Waals surface area contributed by atoms with Gasteiger partial charge in [-0.15, -0.1) is 0 Å². The molecule has 1 aliphatic heterocycles. The van der Waals surface area contributed by atoms with Crippen molar-refractivity contribution >= 4 is 17.0 Å². The molecule has 1 aliphatic carbocycles. The maximum absolute atomic E-state index is 14.7. The van der Waals surface area contributed by atoms with Gasteiger partial charge in [-0.05, 0) is 24.8 Å². The number of halogens is 5. The minimum Gasteiger partial charge on any atom is -0.503 e. The Morgan fingerprint density at radius 1 is 1.11 bits per heavy atom. The van der Waals surface area contributed by atoms with Crippen LogP contribution in [0.15, 0.2) is 12.3 Å². The van der Waals surface area contributed by atoms with Crippen LogP contribution < -0.4 is 4.90 Å². The molecule has 1 aromatic carbocycles. The monoisotopic (exact) mass is 497 g/mol. The lowest BCUT2D eigenvalue weighted by Gasteiger charge is -2.38. The summed E-state index contributed by atoms with van der Waals surface area (Å²) in [5.41, 5.74) is -2.44. The number of ether oxygens (including phenoxy) is 1. The van der Waals surface area contributed by atoms with Crippen molar-refractivity contribution in [2.24, 2.45) is 13.0 Å². The second kappa shape index (κ2) is 8.89. The van der Waals surface area contributed by atoms with Gasteiger partial charge in [0, 0.05) is 31.9 Å². The predicted molar refractivity (Wildman–Crippen MR) is 117 cm³/mol. The molecule has 2 fully saturated rings. The zero-order valence-corrected chi connectivity index (χ0v) is 18.9. The summed E-state index contributed by atoms with van der Waals surface area (Å²) in [5.74, 6) is -4.43. The molecule has 0 bridgehead atoms. The summed E-state index contributed by atoms with van der Waals surface area (Å²) >= 11 is 0. The molecule has 1 N–H and O–H groups in total. The first-order chi connectivity index (χ1) is 16.6. The van der Waals surface area contributed by atoms with Crippen LogP contribution in [0, 0.1) is 17.6 Å². The van der Waals surface area contributed by atoms with E-state index in [1.165, 1.54) is 37.2 Å². The van der Waals surface area contributed by atoms with Crippen LogP contribution in [0.3, 0.4) is 0 Å². The average Bonchev–Trinajstić information content (AvgIpc) is 3.18. The van der Waals surface area contributed by atoms with E-state index in [4.69, 9.17) is 4.74 Å². The highest BCUT2D eigenvalue weighted by molar-refractivity contribution is 5.91. The Kier molecular flexibility index (Phi) is 6.02. The van der Waals surface area contributed by atoms with E-state index in [1.54, 1.807) is 0 Å². The Balaban J connectivity index is 1.51. The third kappa shape index (κ3) is 4.28. The molecular formula is C23H24F5N5O2. The van der Waals surface area contributed by atoms with E-state index < -0.39 is 34.7 Å². The number of morpholine rings is 1. The molecule has 3 heterocycles. The smallest absolute Gasteiger partial charge is 0.419 e. The second-order valence-electron chi connectivity index (χ2n) is 9.08. The normalized spacial score (nSPS) is 20.1. The van der Waals surface area contributed by atoms with Crippen molar-refractivity contribution in [2.45, 2.75) is 44.4 Å². The van der Waals surface area contributed by atoms with Crippen LogP contribution in [0.25, 0.3) is 22.3 Å². The number of hydrogen-bond donors (Lipinski definition) is 1. The van der Waals surface area contributed by atoms with Crippen LogP contribution in [0.1, 0.15) is 37.7 Å². The molecule has 1 atom stereocenters. The van der Waals surface area contributed by atoms with Crippen molar-refractivity contribution in [2.75, 3.05) is 24.6 Å². The number of aryl methyl sites for hydroxylation is 1. The fourth-order valence-electron chi connectivity index (χ4n) is 5.03. The highest BCUT2D eigenvalue weighted by Gasteiger charge is 2.38. The van der Waals surface area contributed by atoms with Crippen LogP contribution >= 0.6 is 0 Å². The molecule has 35 heavy (non-hydrogen) atoms. The second-order valence-corrected chi connectivity index (χ2v) is 9.08. The number of fused-ring (bicyclic) bond motifs is 1. The summed E-state index contributed by atoms with van der Waals surface area (Å²) in [6.07, 6.45) is 2.17. The molecule has 1 saturated carbocycles. The molecule has 3 aromatic rings. The van der Waals surface area contributed by atoms with Crippen LogP contribution in [0.2, 0.25) is 0 Å². The number of hydrogen-bond acceptors (Lipinski definition) is 6. The van der Waals surface area contributed by atoms with Crippen molar-refractivity contribution in [1.29, 1.82) is 0 Å². The number of phenols is 1. The quantitative estimate of drug-likeness (QED) is 0.523. The van der Waals surface area contributed by atoms with E-state index >= 15 is 0 Å². The first kappa shape index (κ1) is 23.7. The topological polar surface area (TPSA) is 76.3 Å². The Bertz CT molecular complexity index is 1260. The van der Waals surface area contributed by atoms with Crippen LogP contribution in [-0.2, 0) is 18.0 Å². The largest absolute Gasteiger partial charge is 0.503 e. The number of anilines is 1. The third-order valence-corrected chi connectivity index (χ3v) is 6.86. The first-order valence-corrected chi connectivity index (χ1v) is 11.5. The summed E-state index contributed by atoms with van der Waals surface area (Å²) in [6.45, 7) is 1.73. The number of phenolic OH excluding ortho intramolecular Hbond substituents is 1. The standard InChI is InChI=1S/C23H24F5N5O2/c1-32-21-14(19(31-32)13-9-15(23(26,27)28)18(25)20(34)17(13)24)10-29-22(30-21)33-7-8-35-16(11-33)12-5-3-2-4-6-12/h9-10,12,16,34H,2-8,11H2,1H3. The molecule has 1 saturated heterocycles. The lowest BCUT2D eigenvalue weighted by atomic mass is 9.84. The van der Waals surface area contributed by atoms with Gasteiger partial charge in [-0.1, -0.05) is 19.3 Å². The lowest BCUT2D eigenvalue weighted by molar-refractivity contribution is -0.140. The molecule has 0 spiro atoms. The van der Waals surface area contributed by atoms with Crippen molar-refractivity contribution in [3.8, 4) is 17.0 Å². The van der Waals surface area contributed by atoms with Gasteiger partial charge in [0.15, 0.2) is 23.0 Å². The Morgan fingerprint density at radius 2 is 1.86 bits per heavy atom. The highest BCUT2D eigenvalue weighted by atomic mass is 19.4. The van der Waals surface area contributed by atoms with Crippen molar-refractivity contribution < 1.29 is 31.8 Å². The van der Waals surface area contributed by atoms with Gasteiger partial charge in [0.1, 0.15) is 5.69 Å². The maximum atomic E-state index is 14.7. The molecule has 188 valence electrons. The van der Waals surface area contributed by atoms with Crippen LogP contribution in [0.5, 0.6) is 5.75 Å². The van der Waals surface area contributed by atoms with Crippen LogP contribution in [0.4, 0.5) is 27.9 Å². The molecule has 2 aromatic heterocycles. The van der Waals surface area contributed by atoms with Gasteiger partial charge in [0.05, 0.1) is 23.7 Å². The third-order valence-electron chi connectivity index (χ3n) is 6.86. The lowest BCUT2D eigenvalue weighted by Crippen LogP contribution is -2.46. The summed E-state index contributed by atoms with van der Waals surface area (Å²) in [5, 5.41) is 14.0. The van der Waals surface area contributed by atoms with Gasteiger partial charge >= 0.3 is 6.18 Å². The van der Waals surface area contributed by atoms with Crippen molar-refractivity contribution in [3.63, 3.8) is 0 Å². The fourth-order valence-corrected chi connectivity index (χ4v) is 5.03. The molecule has 2 aliphatic rings. The van der Waals surface area contributed by atoms with Gasteiger partial charge in [-0.2, -0.15) is 23.3 Å². The zero-order valence-electron chi connectivity index (χ0n) is 18.9. The molecule has 12 heteroatoms. The minimum atomic E-state index is -5.14. The van der Waals surface area contributed by atoms with Gasteiger partial charge < -0.3 is 14.7 Å². The fraction of sp³-hybridized carbons (Fsp3) is 0.522. The SMILES string of the molecule is Cn1nc(-c2cc(C(F)(F)F)c(F)c(O)c2F)c2cnc(N3CCOC(C4CCCCC4)C3)nc21. The van der Waals surface area contributed by atoms with E-state index in [2.05, 4.69) is 15.1 Å². The van der Waals surface area contributed by atoms with E-state index in [0.717, 1.165) is 12.8 Å². The predicted octanol–water partition coefficient (Wildman–Crippen LogP) is 4.82. The molecule has 0 amide bonds. The average molecular weight is 497 g/mol. The van der Waals surface area contributed by atoms with E-state index in [-0.39, 0.29) is 22.8 Å². The Labute approximate surface area is 197 Å². The maximum Gasteiger partial charge on any atom is 0.419 e. The number of aromatic hydroxyl groups is 1. The molecule has 7 nitrogen and oxygen atoms in total. The molecule has 0 radical (unpaired) electrons. The Morgan fingerprint density at radius 3 is 2.57 bits per heavy atom. The number of rotatable bonds is 3. The van der Waals surface area contributed by atoms with Crippen molar-refractivity contribution in [3.05, 3.63) is 29.5 Å². The molecule has 5 rings (SSSR count). The molecule has 1 unspecified atom stereocenters. The minimum absolute atomic E-state index is 0.0718. The number of aromatic nitrogens is 4. The summed E-state index contributed by atoms with van der Waals surface area (Å²) in [7, 11) is 1.51. The summed E-state index contributed by atoms with van der Waals surface area (Å²) < 4.78 is 75.7. The van der Waals surface area contributed by atoms with Gasteiger partial charge in [0.25, 0.3) is 0 Å². The van der Waals surface area contributed by atoms with Gasteiger partial charge in [-0.25, -0.2) is 18.4 Å². The van der Waals surface area contributed by atoms with Crippen LogP contribution in [-0.4, -0.2) is 50.7 Å². The Hall–Kier alpha value is -3.02. The highest BCUT2D eigenvalue weighted by Crippen LogP contribution is 2.41.